The molecule has 0 spiro atoms. The van der Waals surface area contributed by atoms with E-state index in [4.69, 9.17) is 9.84 Å². The fraction of sp³-hybridized carbons (Fsp3) is 0.867. The molecule has 1 aliphatic carbocycles. The van der Waals surface area contributed by atoms with Crippen LogP contribution in [0.25, 0.3) is 0 Å². The van der Waals surface area contributed by atoms with Gasteiger partial charge in [-0.3, -0.25) is 4.79 Å². The van der Waals surface area contributed by atoms with E-state index in [1.807, 2.05) is 0 Å². The van der Waals surface area contributed by atoms with Crippen LogP contribution in [0.2, 0.25) is 0 Å². The van der Waals surface area contributed by atoms with Gasteiger partial charge in [0.15, 0.2) is 0 Å². The largest absolute Gasteiger partial charge is 0.481 e. The first kappa shape index (κ1) is 16.1. The number of ether oxygens (including phenoxy) is 1. The molecule has 0 aromatic rings. The Kier molecular flexibility index (Phi) is 5.08. The van der Waals surface area contributed by atoms with Gasteiger partial charge in [-0.2, -0.15) is 0 Å². The van der Waals surface area contributed by atoms with Gasteiger partial charge in [0, 0.05) is 19.8 Å². The molecule has 3 N–H and O–H groups in total. The Labute approximate surface area is 125 Å². The van der Waals surface area contributed by atoms with E-state index in [-0.39, 0.29) is 17.9 Å². The van der Waals surface area contributed by atoms with E-state index >= 15 is 0 Å². The Balaban J connectivity index is 1.83. The summed E-state index contributed by atoms with van der Waals surface area (Å²) in [4.78, 5) is 23.1. The normalized spacial score (nSPS) is 23.5. The molecule has 2 amide bonds. The van der Waals surface area contributed by atoms with Crippen molar-refractivity contribution in [2.24, 2.45) is 5.41 Å². The maximum absolute atomic E-state index is 12.1. The highest BCUT2D eigenvalue weighted by Crippen LogP contribution is 2.33. The molecule has 6 heteroatoms. The van der Waals surface area contributed by atoms with Gasteiger partial charge in [-0.1, -0.05) is 19.8 Å². The summed E-state index contributed by atoms with van der Waals surface area (Å²) in [5.41, 5.74) is -0.488. The van der Waals surface area contributed by atoms with Crippen molar-refractivity contribution < 1.29 is 19.4 Å². The van der Waals surface area contributed by atoms with E-state index in [2.05, 4.69) is 17.6 Å². The second-order valence-electron chi connectivity index (χ2n) is 6.79. The lowest BCUT2D eigenvalue weighted by atomic mass is 9.82. The summed E-state index contributed by atoms with van der Waals surface area (Å²) in [6.07, 6.45) is 5.33. The molecule has 1 heterocycles. The SMILES string of the molecule is CC1(CNC(=O)NC2(CC(=O)O)CCCC2)CCOCC1. The Morgan fingerprint density at radius 3 is 2.33 bits per heavy atom. The fourth-order valence-electron chi connectivity index (χ4n) is 3.31. The molecular weight excluding hydrogens is 272 g/mol. The molecule has 0 atom stereocenters. The van der Waals surface area contributed by atoms with Gasteiger partial charge in [0.2, 0.25) is 0 Å². The summed E-state index contributed by atoms with van der Waals surface area (Å²) in [5, 5.41) is 14.9. The van der Waals surface area contributed by atoms with Gasteiger partial charge >= 0.3 is 12.0 Å². The molecule has 21 heavy (non-hydrogen) atoms. The van der Waals surface area contributed by atoms with Crippen molar-refractivity contribution in [3.05, 3.63) is 0 Å². The highest BCUT2D eigenvalue weighted by Gasteiger charge is 2.38. The lowest BCUT2D eigenvalue weighted by molar-refractivity contribution is -0.138. The lowest BCUT2D eigenvalue weighted by Gasteiger charge is -2.34. The van der Waals surface area contributed by atoms with Crippen molar-refractivity contribution in [3.63, 3.8) is 0 Å². The number of nitrogens with one attached hydrogen (secondary N) is 2. The van der Waals surface area contributed by atoms with Crippen molar-refractivity contribution >= 4 is 12.0 Å². The van der Waals surface area contributed by atoms with Crippen LogP contribution in [0, 0.1) is 5.41 Å². The molecule has 2 rings (SSSR count). The van der Waals surface area contributed by atoms with E-state index < -0.39 is 11.5 Å². The Morgan fingerprint density at radius 1 is 1.14 bits per heavy atom. The topological polar surface area (TPSA) is 87.7 Å². The first-order valence-corrected chi connectivity index (χ1v) is 7.79. The first-order valence-electron chi connectivity index (χ1n) is 7.79. The number of carboxylic acids is 1. The van der Waals surface area contributed by atoms with E-state index in [1.54, 1.807) is 0 Å². The number of rotatable bonds is 5. The molecule has 1 saturated carbocycles. The molecule has 2 aliphatic rings. The van der Waals surface area contributed by atoms with Crippen molar-refractivity contribution in [3.8, 4) is 0 Å². The molecule has 0 bridgehead atoms. The van der Waals surface area contributed by atoms with Crippen LogP contribution >= 0.6 is 0 Å². The van der Waals surface area contributed by atoms with E-state index in [0.717, 1.165) is 51.7 Å². The molecule has 1 saturated heterocycles. The van der Waals surface area contributed by atoms with Crippen LogP contribution in [-0.4, -0.2) is 42.4 Å². The summed E-state index contributed by atoms with van der Waals surface area (Å²) in [7, 11) is 0. The van der Waals surface area contributed by atoms with E-state index in [9.17, 15) is 9.59 Å². The van der Waals surface area contributed by atoms with Crippen LogP contribution in [0.3, 0.4) is 0 Å². The molecule has 6 nitrogen and oxygen atoms in total. The number of urea groups is 1. The monoisotopic (exact) mass is 298 g/mol. The molecule has 120 valence electrons. The Hall–Kier alpha value is -1.30. The second kappa shape index (κ2) is 6.64. The van der Waals surface area contributed by atoms with Gasteiger partial charge in [-0.05, 0) is 31.1 Å². The quantitative estimate of drug-likeness (QED) is 0.723. The smallest absolute Gasteiger partial charge is 0.315 e. The Bertz CT molecular complexity index is 385. The van der Waals surface area contributed by atoms with Crippen LogP contribution < -0.4 is 10.6 Å². The highest BCUT2D eigenvalue weighted by molar-refractivity contribution is 5.76. The van der Waals surface area contributed by atoms with E-state index in [0.29, 0.717) is 6.54 Å². The maximum Gasteiger partial charge on any atom is 0.315 e. The molecule has 0 radical (unpaired) electrons. The molecular formula is C15H26N2O4. The standard InChI is InChI=1S/C15H26N2O4/c1-14(6-8-21-9-7-14)11-16-13(20)17-15(10-12(18)19)4-2-3-5-15/h2-11H2,1H3,(H,18,19)(H2,16,17,20). The Morgan fingerprint density at radius 2 is 1.76 bits per heavy atom. The third-order valence-corrected chi connectivity index (χ3v) is 4.80. The predicted molar refractivity (Wildman–Crippen MR) is 78.1 cm³/mol. The number of aliphatic carboxylic acids is 1. The average molecular weight is 298 g/mol. The minimum Gasteiger partial charge on any atom is -0.481 e. The number of carbonyl (C=O) groups is 2. The summed E-state index contributed by atoms with van der Waals surface area (Å²) >= 11 is 0. The van der Waals surface area contributed by atoms with Crippen molar-refractivity contribution in [2.75, 3.05) is 19.8 Å². The zero-order valence-electron chi connectivity index (χ0n) is 12.7. The fourth-order valence-corrected chi connectivity index (χ4v) is 3.31. The number of carbonyl (C=O) groups excluding carboxylic acids is 1. The van der Waals surface area contributed by atoms with Crippen LogP contribution in [-0.2, 0) is 9.53 Å². The van der Waals surface area contributed by atoms with Gasteiger partial charge in [0.05, 0.1) is 12.0 Å². The highest BCUT2D eigenvalue weighted by atomic mass is 16.5. The van der Waals surface area contributed by atoms with Crippen LogP contribution in [0.4, 0.5) is 4.79 Å². The number of hydrogen-bond acceptors (Lipinski definition) is 3. The summed E-state index contributed by atoms with van der Waals surface area (Å²) in [6.45, 7) is 4.23. The number of amides is 2. The number of carboxylic acid groups (broad SMARTS) is 1. The van der Waals surface area contributed by atoms with E-state index in [1.165, 1.54) is 0 Å². The first-order chi connectivity index (χ1) is 9.93. The zero-order valence-corrected chi connectivity index (χ0v) is 12.7. The molecule has 2 fully saturated rings. The molecule has 0 aromatic carbocycles. The average Bonchev–Trinajstić information content (AvgIpc) is 2.85. The molecule has 0 aromatic heterocycles. The zero-order chi connectivity index (χ0) is 15.3. The van der Waals surface area contributed by atoms with Gasteiger partial charge in [0.1, 0.15) is 0 Å². The van der Waals surface area contributed by atoms with Crippen molar-refractivity contribution in [1.82, 2.24) is 10.6 Å². The summed E-state index contributed by atoms with van der Waals surface area (Å²) in [5.74, 6) is -0.853. The maximum atomic E-state index is 12.1. The van der Waals surface area contributed by atoms with Crippen molar-refractivity contribution in [1.29, 1.82) is 0 Å². The van der Waals surface area contributed by atoms with Crippen LogP contribution in [0.1, 0.15) is 51.9 Å². The molecule has 0 unspecified atom stereocenters. The third-order valence-electron chi connectivity index (χ3n) is 4.80. The van der Waals surface area contributed by atoms with Gasteiger partial charge in [-0.15, -0.1) is 0 Å². The molecule has 1 aliphatic heterocycles. The second-order valence-corrected chi connectivity index (χ2v) is 6.79. The van der Waals surface area contributed by atoms with Gasteiger partial charge in [0.25, 0.3) is 0 Å². The van der Waals surface area contributed by atoms with Crippen LogP contribution in [0.15, 0.2) is 0 Å². The predicted octanol–water partition coefficient (Wildman–Crippen LogP) is 1.89. The summed E-state index contributed by atoms with van der Waals surface area (Å²) < 4.78 is 5.35. The lowest BCUT2D eigenvalue weighted by Crippen LogP contribution is -2.53. The minimum atomic E-state index is -0.853. The third kappa shape index (κ3) is 4.59. The van der Waals surface area contributed by atoms with Gasteiger partial charge < -0.3 is 20.5 Å². The minimum absolute atomic E-state index is 0.00548. The van der Waals surface area contributed by atoms with Crippen LogP contribution in [0.5, 0.6) is 0 Å². The summed E-state index contributed by atoms with van der Waals surface area (Å²) in [6, 6.07) is -0.245. The van der Waals surface area contributed by atoms with Crippen molar-refractivity contribution in [2.45, 2.75) is 57.4 Å². The number of hydrogen-bond donors (Lipinski definition) is 3. The van der Waals surface area contributed by atoms with Gasteiger partial charge in [-0.25, -0.2) is 4.79 Å².